The molecular formula is C31H36N4O4. The van der Waals surface area contributed by atoms with Crippen molar-refractivity contribution in [1.82, 2.24) is 15.2 Å². The molecule has 1 aliphatic carbocycles. The van der Waals surface area contributed by atoms with Gasteiger partial charge in [0.2, 0.25) is 17.7 Å². The van der Waals surface area contributed by atoms with Crippen LogP contribution < -0.4 is 10.6 Å². The number of likely N-dealkylation sites (tertiary alicyclic amines) is 1. The lowest BCUT2D eigenvalue weighted by molar-refractivity contribution is -0.142. The quantitative estimate of drug-likeness (QED) is 0.530. The summed E-state index contributed by atoms with van der Waals surface area (Å²) in [4.78, 5) is 47.5. The Morgan fingerprint density at radius 1 is 1.10 bits per heavy atom. The smallest absolute Gasteiger partial charge is 0.246 e. The summed E-state index contributed by atoms with van der Waals surface area (Å²) in [7, 11) is 0. The number of pyridine rings is 1. The fourth-order valence-electron chi connectivity index (χ4n) is 6.83. The van der Waals surface area contributed by atoms with E-state index in [0.717, 1.165) is 31.2 Å². The van der Waals surface area contributed by atoms with Crippen LogP contribution in [-0.4, -0.2) is 51.4 Å². The molecule has 39 heavy (non-hydrogen) atoms. The number of hydrogen-bond acceptors (Lipinski definition) is 5. The van der Waals surface area contributed by atoms with Gasteiger partial charge in [-0.2, -0.15) is 0 Å². The van der Waals surface area contributed by atoms with E-state index in [1.54, 1.807) is 17.3 Å². The summed E-state index contributed by atoms with van der Waals surface area (Å²) in [6, 6.07) is 10.7. The zero-order valence-electron chi connectivity index (χ0n) is 22.5. The number of fused-ring (bicyclic) bond motifs is 1. The molecule has 5 atom stereocenters. The Bertz CT molecular complexity index is 1270. The van der Waals surface area contributed by atoms with Crippen LogP contribution >= 0.6 is 0 Å². The molecule has 2 aromatic rings. The zero-order chi connectivity index (χ0) is 27.1. The number of nitrogens with zero attached hydrogens (tertiary/aromatic N) is 2. The summed E-state index contributed by atoms with van der Waals surface area (Å²) in [5.74, 6) is -1.83. The summed E-state index contributed by atoms with van der Waals surface area (Å²) in [5.41, 5.74) is 1.51. The van der Waals surface area contributed by atoms with Gasteiger partial charge in [-0.25, -0.2) is 0 Å². The molecule has 2 N–H and O–H groups in total. The van der Waals surface area contributed by atoms with Crippen molar-refractivity contribution in [1.29, 1.82) is 0 Å². The molecule has 4 aliphatic rings. The molecule has 2 bridgehead atoms. The normalized spacial score (nSPS) is 29.6. The van der Waals surface area contributed by atoms with Gasteiger partial charge in [-0.05, 0) is 48.1 Å². The predicted octanol–water partition coefficient (Wildman–Crippen LogP) is 3.94. The van der Waals surface area contributed by atoms with E-state index >= 15 is 0 Å². The Hall–Kier alpha value is -3.52. The molecular weight excluding hydrogens is 492 g/mol. The average molecular weight is 529 g/mol. The molecule has 6 rings (SSSR count). The van der Waals surface area contributed by atoms with Crippen molar-refractivity contribution in [2.75, 3.05) is 5.32 Å². The van der Waals surface area contributed by atoms with Crippen LogP contribution in [-0.2, 0) is 25.7 Å². The third-order valence-corrected chi connectivity index (χ3v) is 8.80. The first-order valence-corrected chi connectivity index (χ1v) is 14.1. The average Bonchev–Trinajstić information content (AvgIpc) is 3.58. The van der Waals surface area contributed by atoms with Gasteiger partial charge in [-0.3, -0.25) is 19.4 Å². The highest BCUT2D eigenvalue weighted by Gasteiger charge is 2.72. The van der Waals surface area contributed by atoms with Gasteiger partial charge in [0.05, 0.1) is 17.9 Å². The van der Waals surface area contributed by atoms with E-state index in [9.17, 15) is 14.4 Å². The molecule has 8 nitrogen and oxygen atoms in total. The molecule has 1 aromatic carbocycles. The third-order valence-electron chi connectivity index (χ3n) is 8.80. The van der Waals surface area contributed by atoms with Crippen LogP contribution in [0.1, 0.15) is 63.0 Å². The fourth-order valence-corrected chi connectivity index (χ4v) is 6.83. The van der Waals surface area contributed by atoms with Gasteiger partial charge in [-0.1, -0.05) is 63.5 Å². The number of carbonyl (C=O) groups excluding carboxylic acids is 3. The molecule has 1 aromatic heterocycles. The Labute approximate surface area is 229 Å². The molecule has 0 radical (unpaired) electrons. The number of ether oxygens (including phenoxy) is 1. The maximum atomic E-state index is 14.1. The zero-order valence-corrected chi connectivity index (χ0v) is 22.5. The Kier molecular flexibility index (Phi) is 6.75. The highest BCUT2D eigenvalue weighted by molar-refractivity contribution is 6.02. The van der Waals surface area contributed by atoms with Crippen LogP contribution in [0.15, 0.2) is 60.9 Å². The number of hydrogen-bond donors (Lipinski definition) is 2. The minimum absolute atomic E-state index is 0.0903. The summed E-state index contributed by atoms with van der Waals surface area (Å²) in [6.45, 7) is 4.46. The Morgan fingerprint density at radius 2 is 1.87 bits per heavy atom. The van der Waals surface area contributed by atoms with Gasteiger partial charge in [0.15, 0.2) is 0 Å². The van der Waals surface area contributed by atoms with Crippen LogP contribution in [0.2, 0.25) is 0 Å². The number of nitrogens with one attached hydrogen (secondary N) is 2. The summed E-state index contributed by atoms with van der Waals surface area (Å²) >= 11 is 0. The molecule has 1 saturated carbocycles. The van der Waals surface area contributed by atoms with E-state index < -0.39 is 29.6 Å². The largest absolute Gasteiger partial charge is 0.359 e. The van der Waals surface area contributed by atoms with Crippen LogP contribution in [0.3, 0.4) is 0 Å². The van der Waals surface area contributed by atoms with Gasteiger partial charge < -0.3 is 20.3 Å². The monoisotopic (exact) mass is 528 g/mol. The summed E-state index contributed by atoms with van der Waals surface area (Å²) in [5, 5.41) is 6.23. The number of aromatic nitrogens is 1. The molecule has 2 saturated heterocycles. The third kappa shape index (κ3) is 4.54. The maximum Gasteiger partial charge on any atom is 0.246 e. The van der Waals surface area contributed by atoms with Crippen molar-refractivity contribution in [2.24, 2.45) is 11.8 Å². The first-order chi connectivity index (χ1) is 18.9. The lowest BCUT2D eigenvalue weighted by Gasteiger charge is -2.34. The van der Waals surface area contributed by atoms with Gasteiger partial charge >= 0.3 is 0 Å². The highest BCUT2D eigenvalue weighted by atomic mass is 16.5. The molecule has 0 unspecified atom stereocenters. The predicted molar refractivity (Wildman–Crippen MR) is 146 cm³/mol. The first kappa shape index (κ1) is 25.7. The lowest BCUT2D eigenvalue weighted by atomic mass is 9.74. The van der Waals surface area contributed by atoms with E-state index in [2.05, 4.69) is 29.5 Å². The molecule has 1 spiro atoms. The Balaban J connectivity index is 1.29. The number of rotatable bonds is 7. The summed E-state index contributed by atoms with van der Waals surface area (Å²) < 4.78 is 6.46. The van der Waals surface area contributed by atoms with Gasteiger partial charge in [0.1, 0.15) is 11.6 Å². The number of benzene rings is 1. The minimum Gasteiger partial charge on any atom is -0.359 e. The molecule has 3 aliphatic heterocycles. The van der Waals surface area contributed by atoms with Crippen molar-refractivity contribution < 1.29 is 19.1 Å². The minimum atomic E-state index is -1.17. The van der Waals surface area contributed by atoms with Crippen LogP contribution in [0, 0.1) is 11.8 Å². The van der Waals surface area contributed by atoms with E-state index in [0.29, 0.717) is 11.6 Å². The first-order valence-electron chi connectivity index (χ1n) is 14.1. The van der Waals surface area contributed by atoms with Crippen molar-refractivity contribution in [3.05, 3.63) is 72.1 Å². The van der Waals surface area contributed by atoms with Crippen LogP contribution in [0.25, 0.3) is 0 Å². The fraction of sp³-hybridized carbons (Fsp3) is 0.484. The SMILES string of the molecule is CC(C)c1ccc(NC(=O)[C@@H]2[C@H]3C=C[C@]4(O3)[C@H](C(=O)NC3CCCCC3)N(Cc3cccnc3)C(=O)[C@@H]24)cc1. The molecule has 3 fully saturated rings. The number of amides is 3. The van der Waals surface area contributed by atoms with Crippen LogP contribution in [0.4, 0.5) is 5.69 Å². The van der Waals surface area contributed by atoms with E-state index in [-0.39, 0.29) is 30.3 Å². The maximum absolute atomic E-state index is 14.1. The van der Waals surface area contributed by atoms with Crippen LogP contribution in [0.5, 0.6) is 0 Å². The molecule has 3 amide bonds. The van der Waals surface area contributed by atoms with Crippen molar-refractivity contribution in [2.45, 2.75) is 82.2 Å². The molecule has 8 heteroatoms. The van der Waals surface area contributed by atoms with Gasteiger partial charge in [-0.15, -0.1) is 0 Å². The second-order valence-electron chi connectivity index (χ2n) is 11.6. The highest BCUT2D eigenvalue weighted by Crippen LogP contribution is 2.55. The second kappa shape index (κ2) is 10.2. The topological polar surface area (TPSA) is 101 Å². The standard InChI is InChI=1S/C31H36N4O4/c1-19(2)21-10-12-23(13-11-21)33-28(36)25-24-14-15-31(39-24)26(25)30(38)35(18-20-7-6-16-32-17-20)27(31)29(37)34-22-8-4-3-5-9-22/h6-7,10-17,19,22,24-27H,3-5,8-9,18H2,1-2H3,(H,33,36)(H,34,37)/t24-,25-,26-,27+,31-/m1/s1. The summed E-state index contributed by atoms with van der Waals surface area (Å²) in [6.07, 6.45) is 11.8. The van der Waals surface area contributed by atoms with Crippen molar-refractivity contribution >= 4 is 23.4 Å². The number of anilines is 1. The van der Waals surface area contributed by atoms with Gasteiger partial charge in [0, 0.05) is 30.7 Å². The Morgan fingerprint density at radius 3 is 2.56 bits per heavy atom. The van der Waals surface area contributed by atoms with E-state index in [4.69, 9.17) is 4.74 Å². The lowest BCUT2D eigenvalue weighted by Crippen LogP contribution is -2.56. The van der Waals surface area contributed by atoms with E-state index in [1.165, 1.54) is 12.0 Å². The number of carbonyl (C=O) groups is 3. The van der Waals surface area contributed by atoms with Gasteiger partial charge in [0.25, 0.3) is 0 Å². The molecule has 4 heterocycles. The molecule has 204 valence electrons. The van der Waals surface area contributed by atoms with E-state index in [1.807, 2.05) is 48.6 Å². The van der Waals surface area contributed by atoms with Crippen molar-refractivity contribution in [3.8, 4) is 0 Å². The second-order valence-corrected chi connectivity index (χ2v) is 11.6. The van der Waals surface area contributed by atoms with Crippen molar-refractivity contribution in [3.63, 3.8) is 0 Å².